The Kier molecular flexibility index (Phi) is 4.34. The zero-order chi connectivity index (χ0) is 12.1. The molecule has 0 bridgehead atoms. The molecule has 0 aliphatic rings. The number of aryl methyl sites for hydroxylation is 1. The van der Waals surface area contributed by atoms with E-state index in [1.807, 2.05) is 23.7 Å². The molecule has 0 saturated heterocycles. The summed E-state index contributed by atoms with van der Waals surface area (Å²) < 4.78 is 2.10. The number of thiophene rings is 1. The summed E-state index contributed by atoms with van der Waals surface area (Å²) in [5, 5.41) is 5.70. The van der Waals surface area contributed by atoms with Crippen molar-refractivity contribution in [1.29, 1.82) is 0 Å². The first-order chi connectivity index (χ1) is 8.31. The van der Waals surface area contributed by atoms with Gasteiger partial charge in [-0.1, -0.05) is 13.0 Å². The van der Waals surface area contributed by atoms with Gasteiger partial charge in [-0.25, -0.2) is 4.98 Å². The highest BCUT2D eigenvalue weighted by molar-refractivity contribution is 7.09. The van der Waals surface area contributed by atoms with E-state index in [0.29, 0.717) is 6.04 Å². The van der Waals surface area contributed by atoms with Crippen LogP contribution in [0.2, 0.25) is 0 Å². The maximum absolute atomic E-state index is 4.45. The van der Waals surface area contributed by atoms with Crippen molar-refractivity contribution in [2.75, 3.05) is 6.54 Å². The van der Waals surface area contributed by atoms with Crippen LogP contribution in [0.15, 0.2) is 29.9 Å². The van der Waals surface area contributed by atoms with Crippen LogP contribution < -0.4 is 5.32 Å². The van der Waals surface area contributed by atoms with Gasteiger partial charge in [0.1, 0.15) is 5.82 Å². The maximum atomic E-state index is 4.45. The molecule has 0 radical (unpaired) electrons. The van der Waals surface area contributed by atoms with E-state index in [1.54, 1.807) is 0 Å². The predicted octanol–water partition coefficient (Wildman–Crippen LogP) is 2.77. The third-order valence-electron chi connectivity index (χ3n) is 2.80. The minimum absolute atomic E-state index is 0.314. The third-order valence-corrected chi connectivity index (χ3v) is 3.69. The smallest absolute Gasteiger partial charge is 0.125 e. The second-order valence-electron chi connectivity index (χ2n) is 4.19. The van der Waals surface area contributed by atoms with Gasteiger partial charge in [-0.05, 0) is 24.4 Å². The predicted molar refractivity (Wildman–Crippen MR) is 72.3 cm³/mol. The number of rotatable bonds is 6. The van der Waals surface area contributed by atoms with E-state index >= 15 is 0 Å². The Labute approximate surface area is 107 Å². The molecule has 0 aromatic carbocycles. The SMILES string of the molecule is CCCNC(Cc1cccs1)c1nccn1C. The molecule has 92 valence electrons. The third kappa shape index (κ3) is 3.17. The van der Waals surface area contributed by atoms with Gasteiger partial charge in [-0.3, -0.25) is 0 Å². The summed E-state index contributed by atoms with van der Waals surface area (Å²) in [6, 6.07) is 4.61. The van der Waals surface area contributed by atoms with Crippen LogP contribution in [0.25, 0.3) is 0 Å². The van der Waals surface area contributed by atoms with Crippen LogP contribution in [0, 0.1) is 0 Å². The number of nitrogens with one attached hydrogen (secondary N) is 1. The second kappa shape index (κ2) is 5.98. The second-order valence-corrected chi connectivity index (χ2v) is 5.22. The Hall–Kier alpha value is -1.13. The fraction of sp³-hybridized carbons (Fsp3) is 0.462. The van der Waals surface area contributed by atoms with E-state index in [9.17, 15) is 0 Å². The topological polar surface area (TPSA) is 29.9 Å². The zero-order valence-electron chi connectivity index (χ0n) is 10.4. The number of aromatic nitrogens is 2. The van der Waals surface area contributed by atoms with Gasteiger partial charge in [0, 0.05) is 30.7 Å². The van der Waals surface area contributed by atoms with E-state index in [4.69, 9.17) is 0 Å². The Morgan fingerprint density at radius 3 is 3.00 bits per heavy atom. The summed E-state index contributed by atoms with van der Waals surface area (Å²) in [4.78, 5) is 5.86. The first kappa shape index (κ1) is 12.3. The van der Waals surface area contributed by atoms with Gasteiger partial charge in [-0.15, -0.1) is 11.3 Å². The van der Waals surface area contributed by atoms with E-state index in [-0.39, 0.29) is 0 Å². The van der Waals surface area contributed by atoms with E-state index in [1.165, 1.54) is 4.88 Å². The molecule has 1 N–H and O–H groups in total. The molecule has 0 amide bonds. The monoisotopic (exact) mass is 249 g/mol. The molecule has 0 aliphatic heterocycles. The summed E-state index contributed by atoms with van der Waals surface area (Å²) in [5.41, 5.74) is 0. The lowest BCUT2D eigenvalue weighted by Gasteiger charge is -2.17. The molecule has 2 aromatic rings. The number of imidazole rings is 1. The lowest BCUT2D eigenvalue weighted by atomic mass is 10.1. The highest BCUT2D eigenvalue weighted by Crippen LogP contribution is 2.19. The Morgan fingerprint density at radius 2 is 2.41 bits per heavy atom. The highest BCUT2D eigenvalue weighted by atomic mass is 32.1. The van der Waals surface area contributed by atoms with Crippen molar-refractivity contribution in [1.82, 2.24) is 14.9 Å². The molecule has 2 heterocycles. The van der Waals surface area contributed by atoms with Crippen molar-refractivity contribution in [2.45, 2.75) is 25.8 Å². The summed E-state index contributed by atoms with van der Waals surface area (Å²) in [6.45, 7) is 3.22. The van der Waals surface area contributed by atoms with Gasteiger partial charge in [0.05, 0.1) is 6.04 Å². The molecule has 4 heteroatoms. The molecular formula is C13H19N3S. The molecule has 2 rings (SSSR count). The van der Waals surface area contributed by atoms with Crippen LogP contribution in [0.4, 0.5) is 0 Å². The molecule has 0 saturated carbocycles. The van der Waals surface area contributed by atoms with Gasteiger partial charge >= 0.3 is 0 Å². The van der Waals surface area contributed by atoms with Crippen molar-refractivity contribution in [3.63, 3.8) is 0 Å². The summed E-state index contributed by atoms with van der Waals surface area (Å²) in [6.07, 6.45) is 6.03. The standard InChI is InChI=1S/C13H19N3S/c1-3-6-14-12(10-11-5-4-9-17-11)13-15-7-8-16(13)2/h4-5,7-9,12,14H,3,6,10H2,1-2H3. The van der Waals surface area contributed by atoms with Crippen molar-refractivity contribution in [3.05, 3.63) is 40.6 Å². The van der Waals surface area contributed by atoms with Crippen molar-refractivity contribution in [2.24, 2.45) is 7.05 Å². The Morgan fingerprint density at radius 1 is 1.53 bits per heavy atom. The Bertz CT molecular complexity index is 433. The fourth-order valence-electron chi connectivity index (χ4n) is 1.92. The summed E-state index contributed by atoms with van der Waals surface area (Å²) in [5.74, 6) is 1.12. The summed E-state index contributed by atoms with van der Waals surface area (Å²) in [7, 11) is 2.05. The molecule has 2 aromatic heterocycles. The molecule has 0 aliphatic carbocycles. The molecule has 0 spiro atoms. The minimum atomic E-state index is 0.314. The van der Waals surface area contributed by atoms with Crippen molar-refractivity contribution in [3.8, 4) is 0 Å². The quantitative estimate of drug-likeness (QED) is 0.853. The van der Waals surface area contributed by atoms with Crippen molar-refractivity contribution >= 4 is 11.3 Å². The zero-order valence-corrected chi connectivity index (χ0v) is 11.2. The lowest BCUT2D eigenvalue weighted by molar-refractivity contribution is 0.494. The van der Waals surface area contributed by atoms with Crippen LogP contribution in [0.5, 0.6) is 0 Å². The Balaban J connectivity index is 2.11. The van der Waals surface area contributed by atoms with E-state index < -0.39 is 0 Å². The van der Waals surface area contributed by atoms with Crippen LogP contribution in [-0.4, -0.2) is 16.1 Å². The van der Waals surface area contributed by atoms with Gasteiger partial charge in [0.25, 0.3) is 0 Å². The van der Waals surface area contributed by atoms with Gasteiger partial charge in [-0.2, -0.15) is 0 Å². The van der Waals surface area contributed by atoms with Crippen LogP contribution in [0.3, 0.4) is 0 Å². The minimum Gasteiger partial charge on any atom is -0.337 e. The number of hydrogen-bond acceptors (Lipinski definition) is 3. The first-order valence-corrected chi connectivity index (χ1v) is 6.92. The van der Waals surface area contributed by atoms with Gasteiger partial charge < -0.3 is 9.88 Å². The van der Waals surface area contributed by atoms with Gasteiger partial charge in [0.2, 0.25) is 0 Å². The average molecular weight is 249 g/mol. The van der Waals surface area contributed by atoms with Crippen LogP contribution >= 0.6 is 11.3 Å². The molecule has 17 heavy (non-hydrogen) atoms. The van der Waals surface area contributed by atoms with E-state index in [0.717, 1.165) is 25.2 Å². The fourth-order valence-corrected chi connectivity index (χ4v) is 2.67. The normalized spacial score (nSPS) is 12.8. The summed E-state index contributed by atoms with van der Waals surface area (Å²) >= 11 is 1.81. The molecule has 3 nitrogen and oxygen atoms in total. The maximum Gasteiger partial charge on any atom is 0.125 e. The van der Waals surface area contributed by atoms with Crippen LogP contribution in [-0.2, 0) is 13.5 Å². The highest BCUT2D eigenvalue weighted by Gasteiger charge is 2.15. The average Bonchev–Trinajstić information content (AvgIpc) is 2.95. The van der Waals surface area contributed by atoms with Crippen molar-refractivity contribution < 1.29 is 0 Å². The van der Waals surface area contributed by atoms with Gasteiger partial charge in [0.15, 0.2) is 0 Å². The molecule has 0 fully saturated rings. The first-order valence-electron chi connectivity index (χ1n) is 6.04. The molecule has 1 atom stereocenters. The lowest BCUT2D eigenvalue weighted by Crippen LogP contribution is -2.26. The number of nitrogens with zero attached hydrogens (tertiary/aromatic N) is 2. The largest absolute Gasteiger partial charge is 0.337 e. The van der Waals surface area contributed by atoms with Crippen LogP contribution in [0.1, 0.15) is 30.1 Å². The molecule has 1 unspecified atom stereocenters. The molecular weight excluding hydrogens is 230 g/mol. The number of hydrogen-bond donors (Lipinski definition) is 1. The van der Waals surface area contributed by atoms with E-state index in [2.05, 4.69) is 46.4 Å².